The number of hydrogen-bond donors (Lipinski definition) is 0. The number of aromatic nitrogens is 1. The zero-order valence-corrected chi connectivity index (χ0v) is 14.3. The molecular formula is C20H25N3O. The van der Waals surface area contributed by atoms with Crippen molar-refractivity contribution in [3.63, 3.8) is 0 Å². The van der Waals surface area contributed by atoms with Crippen molar-refractivity contribution in [2.45, 2.75) is 31.9 Å². The standard InChI is InChI=1S/C20H25N3O/c1-16-14-23(20-19(24-16)10-7-11-21-20)18(15-22-12-5-6-13-22)17-8-3-2-4-9-17/h2-4,7-11,16,18H,5-6,12-15H2,1H3. The molecule has 1 aromatic carbocycles. The lowest BCUT2D eigenvalue weighted by Gasteiger charge is -2.40. The molecule has 0 N–H and O–H groups in total. The van der Waals surface area contributed by atoms with Crippen LogP contribution in [0.1, 0.15) is 31.4 Å². The van der Waals surface area contributed by atoms with Gasteiger partial charge >= 0.3 is 0 Å². The molecule has 126 valence electrons. The summed E-state index contributed by atoms with van der Waals surface area (Å²) < 4.78 is 6.00. The summed E-state index contributed by atoms with van der Waals surface area (Å²) in [5, 5.41) is 0. The van der Waals surface area contributed by atoms with Crippen LogP contribution in [-0.2, 0) is 0 Å². The first-order chi connectivity index (χ1) is 11.8. The van der Waals surface area contributed by atoms with Crippen molar-refractivity contribution in [2.75, 3.05) is 31.1 Å². The van der Waals surface area contributed by atoms with E-state index in [-0.39, 0.29) is 6.10 Å². The molecule has 1 aromatic heterocycles. The summed E-state index contributed by atoms with van der Waals surface area (Å²) in [7, 11) is 0. The highest BCUT2D eigenvalue weighted by Gasteiger charge is 2.32. The fourth-order valence-electron chi connectivity index (χ4n) is 3.85. The van der Waals surface area contributed by atoms with E-state index in [2.05, 4.69) is 52.0 Å². The molecule has 0 spiro atoms. The normalized spacial score (nSPS) is 22.0. The molecule has 0 aliphatic carbocycles. The highest BCUT2D eigenvalue weighted by molar-refractivity contribution is 5.56. The van der Waals surface area contributed by atoms with Gasteiger partial charge in [0.2, 0.25) is 0 Å². The number of fused-ring (bicyclic) bond motifs is 1. The third-order valence-electron chi connectivity index (χ3n) is 5.00. The van der Waals surface area contributed by atoms with Crippen molar-refractivity contribution >= 4 is 5.82 Å². The minimum Gasteiger partial charge on any atom is -0.485 e. The minimum absolute atomic E-state index is 0.173. The van der Waals surface area contributed by atoms with Gasteiger partial charge in [-0.3, -0.25) is 0 Å². The number of nitrogens with zero attached hydrogens (tertiary/aromatic N) is 3. The average Bonchev–Trinajstić information content (AvgIpc) is 3.13. The number of hydrogen-bond acceptors (Lipinski definition) is 4. The van der Waals surface area contributed by atoms with Crippen LogP contribution in [0.4, 0.5) is 5.82 Å². The van der Waals surface area contributed by atoms with Gasteiger partial charge in [0.05, 0.1) is 12.6 Å². The van der Waals surface area contributed by atoms with Gasteiger partial charge in [0.25, 0.3) is 0 Å². The van der Waals surface area contributed by atoms with E-state index in [1.54, 1.807) is 0 Å². The Hall–Kier alpha value is -2.07. The van der Waals surface area contributed by atoms with E-state index in [0.29, 0.717) is 6.04 Å². The summed E-state index contributed by atoms with van der Waals surface area (Å²) in [6, 6.07) is 15.1. The first kappa shape index (κ1) is 15.5. The molecule has 0 amide bonds. The molecule has 1 saturated heterocycles. The lowest BCUT2D eigenvalue weighted by molar-refractivity contribution is 0.199. The topological polar surface area (TPSA) is 28.6 Å². The van der Waals surface area contributed by atoms with E-state index in [4.69, 9.17) is 4.74 Å². The van der Waals surface area contributed by atoms with Crippen molar-refractivity contribution < 1.29 is 4.74 Å². The molecule has 24 heavy (non-hydrogen) atoms. The number of benzene rings is 1. The van der Waals surface area contributed by atoms with E-state index in [9.17, 15) is 0 Å². The first-order valence-corrected chi connectivity index (χ1v) is 8.97. The quantitative estimate of drug-likeness (QED) is 0.861. The van der Waals surface area contributed by atoms with Gasteiger partial charge in [-0.1, -0.05) is 30.3 Å². The van der Waals surface area contributed by atoms with E-state index >= 15 is 0 Å². The van der Waals surface area contributed by atoms with Crippen molar-refractivity contribution in [3.8, 4) is 5.75 Å². The van der Waals surface area contributed by atoms with Crippen LogP contribution in [-0.4, -0.2) is 42.2 Å². The number of likely N-dealkylation sites (tertiary alicyclic amines) is 1. The van der Waals surface area contributed by atoms with Crippen LogP contribution >= 0.6 is 0 Å². The van der Waals surface area contributed by atoms with Crippen LogP contribution in [0.15, 0.2) is 48.7 Å². The SMILES string of the molecule is CC1CN(C(CN2CCCC2)c2ccccc2)c2ncccc2O1. The van der Waals surface area contributed by atoms with Gasteiger partial charge in [-0.15, -0.1) is 0 Å². The highest BCUT2D eigenvalue weighted by atomic mass is 16.5. The molecule has 2 unspecified atom stereocenters. The molecule has 3 heterocycles. The predicted molar refractivity (Wildman–Crippen MR) is 96.5 cm³/mol. The molecule has 4 rings (SSSR count). The molecule has 1 fully saturated rings. The van der Waals surface area contributed by atoms with Crippen LogP contribution in [0.2, 0.25) is 0 Å². The predicted octanol–water partition coefficient (Wildman–Crippen LogP) is 3.51. The molecule has 2 atom stereocenters. The third-order valence-corrected chi connectivity index (χ3v) is 5.00. The lowest BCUT2D eigenvalue weighted by atomic mass is 10.0. The number of rotatable bonds is 4. The van der Waals surface area contributed by atoms with Gasteiger partial charge in [0, 0.05) is 12.7 Å². The van der Waals surface area contributed by atoms with Gasteiger partial charge in [-0.2, -0.15) is 0 Å². The molecule has 2 aromatic rings. The number of ether oxygens (including phenoxy) is 1. The highest BCUT2D eigenvalue weighted by Crippen LogP contribution is 2.37. The summed E-state index contributed by atoms with van der Waals surface area (Å²) >= 11 is 0. The van der Waals surface area contributed by atoms with E-state index < -0.39 is 0 Å². The minimum atomic E-state index is 0.173. The molecule has 2 aliphatic rings. The van der Waals surface area contributed by atoms with Gasteiger partial charge in [-0.05, 0) is 50.6 Å². The Kier molecular flexibility index (Phi) is 4.39. The summed E-state index contributed by atoms with van der Waals surface area (Å²) in [6.07, 6.45) is 4.67. The second kappa shape index (κ2) is 6.81. The van der Waals surface area contributed by atoms with Crippen LogP contribution < -0.4 is 9.64 Å². The van der Waals surface area contributed by atoms with Gasteiger partial charge < -0.3 is 14.5 Å². The fourth-order valence-corrected chi connectivity index (χ4v) is 3.85. The summed E-state index contributed by atoms with van der Waals surface area (Å²) in [6.45, 7) is 6.47. The van der Waals surface area contributed by atoms with Crippen LogP contribution in [0.3, 0.4) is 0 Å². The largest absolute Gasteiger partial charge is 0.485 e. The van der Waals surface area contributed by atoms with Crippen LogP contribution in [0.25, 0.3) is 0 Å². The van der Waals surface area contributed by atoms with E-state index in [0.717, 1.165) is 24.7 Å². The number of pyridine rings is 1. The Morgan fingerprint density at radius 3 is 2.71 bits per heavy atom. The Morgan fingerprint density at radius 1 is 1.12 bits per heavy atom. The Bertz CT molecular complexity index is 670. The van der Waals surface area contributed by atoms with Crippen molar-refractivity contribution in [2.24, 2.45) is 0 Å². The smallest absolute Gasteiger partial charge is 0.172 e. The second-order valence-corrected chi connectivity index (χ2v) is 6.84. The fraction of sp³-hybridized carbons (Fsp3) is 0.450. The van der Waals surface area contributed by atoms with Crippen molar-refractivity contribution in [1.82, 2.24) is 9.88 Å². The molecule has 0 saturated carbocycles. The number of anilines is 1. The molecule has 4 heteroatoms. The van der Waals surface area contributed by atoms with Crippen molar-refractivity contribution in [1.29, 1.82) is 0 Å². The first-order valence-electron chi connectivity index (χ1n) is 8.97. The molecular weight excluding hydrogens is 298 g/mol. The maximum absolute atomic E-state index is 6.00. The molecule has 0 bridgehead atoms. The third kappa shape index (κ3) is 3.11. The van der Waals surface area contributed by atoms with Crippen molar-refractivity contribution in [3.05, 3.63) is 54.2 Å². The Labute approximate surface area is 144 Å². The van der Waals surface area contributed by atoms with Crippen LogP contribution in [0, 0.1) is 0 Å². The molecule has 0 radical (unpaired) electrons. The Balaban J connectivity index is 1.70. The Morgan fingerprint density at radius 2 is 1.92 bits per heavy atom. The summed E-state index contributed by atoms with van der Waals surface area (Å²) in [5.41, 5.74) is 1.36. The second-order valence-electron chi connectivity index (χ2n) is 6.84. The summed E-state index contributed by atoms with van der Waals surface area (Å²) in [4.78, 5) is 9.66. The monoisotopic (exact) mass is 323 g/mol. The van der Waals surface area contributed by atoms with E-state index in [1.165, 1.54) is 31.5 Å². The molecule has 2 aliphatic heterocycles. The van der Waals surface area contributed by atoms with Gasteiger partial charge in [0.15, 0.2) is 11.6 Å². The zero-order valence-electron chi connectivity index (χ0n) is 14.3. The maximum Gasteiger partial charge on any atom is 0.172 e. The average molecular weight is 323 g/mol. The van der Waals surface area contributed by atoms with Crippen LogP contribution in [0.5, 0.6) is 5.75 Å². The van der Waals surface area contributed by atoms with Gasteiger partial charge in [0.1, 0.15) is 6.10 Å². The lowest BCUT2D eigenvalue weighted by Crippen LogP contribution is -2.45. The maximum atomic E-state index is 6.00. The zero-order chi connectivity index (χ0) is 16.4. The summed E-state index contributed by atoms with van der Waals surface area (Å²) in [5.74, 6) is 1.88. The molecule has 4 nitrogen and oxygen atoms in total. The van der Waals surface area contributed by atoms with E-state index in [1.807, 2.05) is 18.3 Å². The van der Waals surface area contributed by atoms with Gasteiger partial charge in [-0.25, -0.2) is 4.98 Å².